The number of methoxy groups -OCH3 is 2. The SMILES string of the molecule is COc1cc2c(cc1OC)CN(CCNC(=O)OC(C)(C)C)CC2. The highest BCUT2D eigenvalue weighted by molar-refractivity contribution is 5.67. The van der Waals surface area contributed by atoms with Crippen LogP contribution in [0.2, 0.25) is 0 Å². The molecule has 0 spiro atoms. The Morgan fingerprint density at radius 2 is 1.79 bits per heavy atom. The Hall–Kier alpha value is -1.95. The second kappa shape index (κ2) is 7.75. The first-order valence-electron chi connectivity index (χ1n) is 8.25. The zero-order valence-corrected chi connectivity index (χ0v) is 15.3. The van der Waals surface area contributed by atoms with Crippen LogP contribution in [0.3, 0.4) is 0 Å². The van der Waals surface area contributed by atoms with Gasteiger partial charge in [-0.25, -0.2) is 4.79 Å². The van der Waals surface area contributed by atoms with E-state index in [0.29, 0.717) is 6.54 Å². The summed E-state index contributed by atoms with van der Waals surface area (Å²) in [4.78, 5) is 14.0. The molecule has 1 aliphatic heterocycles. The van der Waals surface area contributed by atoms with Crippen LogP contribution >= 0.6 is 0 Å². The fraction of sp³-hybridized carbons (Fsp3) is 0.611. The number of hydrogen-bond acceptors (Lipinski definition) is 5. The van der Waals surface area contributed by atoms with E-state index in [1.54, 1.807) is 14.2 Å². The first kappa shape index (κ1) is 18.4. The summed E-state index contributed by atoms with van der Waals surface area (Å²) in [5.74, 6) is 1.53. The molecular weight excluding hydrogens is 308 g/mol. The molecular formula is C18H28N2O4. The third kappa shape index (κ3) is 5.03. The van der Waals surface area contributed by atoms with Crippen molar-refractivity contribution in [2.45, 2.75) is 39.3 Å². The van der Waals surface area contributed by atoms with E-state index < -0.39 is 5.60 Å². The molecule has 1 aromatic carbocycles. The molecule has 1 aromatic rings. The number of fused-ring (bicyclic) bond motifs is 1. The van der Waals surface area contributed by atoms with Gasteiger partial charge in [-0.05, 0) is 50.5 Å². The lowest BCUT2D eigenvalue weighted by atomic mass is 9.99. The third-order valence-electron chi connectivity index (χ3n) is 3.89. The van der Waals surface area contributed by atoms with Gasteiger partial charge in [0.15, 0.2) is 11.5 Å². The van der Waals surface area contributed by atoms with Crippen molar-refractivity contribution >= 4 is 6.09 Å². The molecule has 24 heavy (non-hydrogen) atoms. The van der Waals surface area contributed by atoms with E-state index in [9.17, 15) is 4.79 Å². The van der Waals surface area contributed by atoms with Crippen molar-refractivity contribution < 1.29 is 19.0 Å². The lowest BCUT2D eigenvalue weighted by molar-refractivity contribution is 0.0521. The Labute approximate surface area is 144 Å². The number of alkyl carbamates (subject to hydrolysis) is 1. The van der Waals surface area contributed by atoms with E-state index in [1.807, 2.05) is 26.8 Å². The second-order valence-corrected chi connectivity index (χ2v) is 6.93. The summed E-state index contributed by atoms with van der Waals surface area (Å²) in [5, 5.41) is 2.80. The maximum Gasteiger partial charge on any atom is 0.407 e. The van der Waals surface area contributed by atoms with E-state index in [2.05, 4.69) is 16.3 Å². The number of benzene rings is 1. The molecule has 0 saturated heterocycles. The molecule has 6 heteroatoms. The summed E-state index contributed by atoms with van der Waals surface area (Å²) >= 11 is 0. The van der Waals surface area contributed by atoms with Crippen LogP contribution in [0.15, 0.2) is 12.1 Å². The van der Waals surface area contributed by atoms with E-state index in [0.717, 1.165) is 37.6 Å². The number of carbonyl (C=O) groups excluding carboxylic acids is 1. The van der Waals surface area contributed by atoms with E-state index in [1.165, 1.54) is 11.1 Å². The zero-order valence-electron chi connectivity index (χ0n) is 15.3. The molecule has 134 valence electrons. The number of nitrogens with zero attached hydrogens (tertiary/aromatic N) is 1. The summed E-state index contributed by atoms with van der Waals surface area (Å²) in [5.41, 5.74) is 2.07. The minimum Gasteiger partial charge on any atom is -0.493 e. The van der Waals surface area contributed by atoms with E-state index in [-0.39, 0.29) is 6.09 Å². The number of amides is 1. The first-order valence-corrected chi connectivity index (χ1v) is 8.25. The van der Waals surface area contributed by atoms with Crippen LogP contribution in [0, 0.1) is 0 Å². The predicted molar refractivity (Wildman–Crippen MR) is 92.8 cm³/mol. The Balaban J connectivity index is 1.88. The van der Waals surface area contributed by atoms with Crippen LogP contribution in [0.1, 0.15) is 31.9 Å². The van der Waals surface area contributed by atoms with Gasteiger partial charge in [0, 0.05) is 26.2 Å². The monoisotopic (exact) mass is 336 g/mol. The molecule has 0 atom stereocenters. The fourth-order valence-corrected chi connectivity index (χ4v) is 2.76. The van der Waals surface area contributed by atoms with Crippen LogP contribution in [-0.4, -0.2) is 50.4 Å². The molecule has 0 aromatic heterocycles. The smallest absolute Gasteiger partial charge is 0.407 e. The van der Waals surface area contributed by atoms with Gasteiger partial charge in [0.2, 0.25) is 0 Å². The molecule has 0 bridgehead atoms. The molecule has 1 amide bonds. The van der Waals surface area contributed by atoms with E-state index in [4.69, 9.17) is 14.2 Å². The maximum atomic E-state index is 11.7. The Bertz CT molecular complexity index is 581. The molecule has 0 radical (unpaired) electrons. The molecule has 0 aliphatic carbocycles. The fourth-order valence-electron chi connectivity index (χ4n) is 2.76. The summed E-state index contributed by atoms with van der Waals surface area (Å²) in [6.07, 6.45) is 0.591. The van der Waals surface area contributed by atoms with Crippen molar-refractivity contribution in [2.75, 3.05) is 33.9 Å². The molecule has 0 unspecified atom stereocenters. The molecule has 6 nitrogen and oxygen atoms in total. The van der Waals surface area contributed by atoms with Gasteiger partial charge in [-0.2, -0.15) is 0 Å². The van der Waals surface area contributed by atoms with Crippen molar-refractivity contribution in [1.29, 1.82) is 0 Å². The average molecular weight is 336 g/mol. The van der Waals surface area contributed by atoms with Crippen LogP contribution in [-0.2, 0) is 17.7 Å². The Morgan fingerprint density at radius 1 is 1.17 bits per heavy atom. The lowest BCUT2D eigenvalue weighted by Crippen LogP contribution is -2.39. The van der Waals surface area contributed by atoms with Crippen molar-refractivity contribution in [3.05, 3.63) is 23.3 Å². The standard InChI is InChI=1S/C18H28N2O4/c1-18(2,3)24-17(21)19-7-9-20-8-6-13-10-15(22-4)16(23-5)11-14(13)12-20/h10-11H,6-9,12H2,1-5H3,(H,19,21). The highest BCUT2D eigenvalue weighted by Crippen LogP contribution is 2.33. The zero-order chi connectivity index (χ0) is 17.7. The Kier molecular flexibility index (Phi) is 5.94. The van der Waals surface area contributed by atoms with Crippen molar-refractivity contribution in [1.82, 2.24) is 10.2 Å². The van der Waals surface area contributed by atoms with Crippen LogP contribution < -0.4 is 14.8 Å². The van der Waals surface area contributed by atoms with Gasteiger partial charge < -0.3 is 19.5 Å². The highest BCUT2D eigenvalue weighted by atomic mass is 16.6. The quantitative estimate of drug-likeness (QED) is 0.895. The van der Waals surface area contributed by atoms with Gasteiger partial charge >= 0.3 is 6.09 Å². The molecule has 1 aliphatic rings. The molecule has 2 rings (SSSR count). The number of nitrogens with one attached hydrogen (secondary N) is 1. The highest BCUT2D eigenvalue weighted by Gasteiger charge is 2.20. The van der Waals surface area contributed by atoms with Gasteiger partial charge in [-0.3, -0.25) is 4.90 Å². The predicted octanol–water partition coefficient (Wildman–Crippen LogP) is 2.59. The number of rotatable bonds is 5. The molecule has 0 saturated carbocycles. The first-order chi connectivity index (χ1) is 11.3. The summed E-state index contributed by atoms with van der Waals surface area (Å²) in [6.45, 7) is 8.72. The van der Waals surface area contributed by atoms with Crippen LogP contribution in [0.25, 0.3) is 0 Å². The normalized spacial score (nSPS) is 14.7. The minimum atomic E-state index is -0.468. The lowest BCUT2D eigenvalue weighted by Gasteiger charge is -2.29. The average Bonchev–Trinajstić information content (AvgIpc) is 2.51. The van der Waals surface area contributed by atoms with Crippen LogP contribution in [0.4, 0.5) is 4.79 Å². The van der Waals surface area contributed by atoms with E-state index >= 15 is 0 Å². The molecule has 1 N–H and O–H groups in total. The summed E-state index contributed by atoms with van der Waals surface area (Å²) < 4.78 is 16.0. The topological polar surface area (TPSA) is 60.0 Å². The van der Waals surface area contributed by atoms with Gasteiger partial charge in [0.1, 0.15) is 5.60 Å². The second-order valence-electron chi connectivity index (χ2n) is 6.93. The number of hydrogen-bond donors (Lipinski definition) is 1. The number of carbonyl (C=O) groups is 1. The van der Waals surface area contributed by atoms with Gasteiger partial charge in [-0.1, -0.05) is 0 Å². The maximum absolute atomic E-state index is 11.7. The van der Waals surface area contributed by atoms with Crippen molar-refractivity contribution in [2.24, 2.45) is 0 Å². The van der Waals surface area contributed by atoms with Gasteiger partial charge in [0.05, 0.1) is 14.2 Å². The number of ether oxygens (including phenoxy) is 3. The summed E-state index contributed by atoms with van der Waals surface area (Å²) in [7, 11) is 3.30. The van der Waals surface area contributed by atoms with Crippen molar-refractivity contribution in [3.63, 3.8) is 0 Å². The van der Waals surface area contributed by atoms with Gasteiger partial charge in [-0.15, -0.1) is 0 Å². The summed E-state index contributed by atoms with van der Waals surface area (Å²) in [6, 6.07) is 4.10. The van der Waals surface area contributed by atoms with Gasteiger partial charge in [0.25, 0.3) is 0 Å². The van der Waals surface area contributed by atoms with Crippen molar-refractivity contribution in [3.8, 4) is 11.5 Å². The third-order valence-corrected chi connectivity index (χ3v) is 3.89. The van der Waals surface area contributed by atoms with Crippen LogP contribution in [0.5, 0.6) is 11.5 Å². The largest absolute Gasteiger partial charge is 0.493 e. The Morgan fingerprint density at radius 3 is 2.38 bits per heavy atom. The molecule has 1 heterocycles. The molecule has 0 fully saturated rings. The minimum absolute atomic E-state index is 0.369.